The van der Waals surface area contributed by atoms with Crippen molar-refractivity contribution in [1.29, 1.82) is 0 Å². The van der Waals surface area contributed by atoms with E-state index >= 15 is 0 Å². The van der Waals surface area contributed by atoms with E-state index in [9.17, 15) is 9.59 Å². The molecule has 0 saturated carbocycles. The summed E-state index contributed by atoms with van der Waals surface area (Å²) in [5.41, 5.74) is 1.66. The molecule has 0 unspecified atom stereocenters. The average molecular weight is 398 g/mol. The van der Waals surface area contributed by atoms with Crippen LogP contribution >= 0.6 is 11.8 Å². The van der Waals surface area contributed by atoms with E-state index in [0.717, 1.165) is 5.56 Å². The van der Waals surface area contributed by atoms with Crippen molar-refractivity contribution in [3.63, 3.8) is 0 Å². The fourth-order valence-electron chi connectivity index (χ4n) is 2.44. The number of anilines is 1. The molecule has 0 aliphatic rings. The van der Waals surface area contributed by atoms with Crippen LogP contribution in [-0.2, 0) is 9.53 Å². The molecule has 2 aromatic carbocycles. The number of nitrogens with zero attached hydrogens (tertiary/aromatic N) is 2. The number of thioether (sulfide) groups is 1. The van der Waals surface area contributed by atoms with Gasteiger partial charge in [0, 0.05) is 5.69 Å². The highest BCUT2D eigenvalue weighted by molar-refractivity contribution is 7.99. The van der Waals surface area contributed by atoms with Gasteiger partial charge in [-0.15, -0.1) is 5.10 Å². The summed E-state index contributed by atoms with van der Waals surface area (Å²) >= 11 is 1.19. The molecule has 1 heterocycles. The average Bonchev–Trinajstić information content (AvgIpc) is 3.20. The molecule has 0 aliphatic heterocycles. The number of aromatic nitrogens is 3. The molecule has 1 amide bonds. The van der Waals surface area contributed by atoms with Crippen LogP contribution in [0.15, 0.2) is 53.7 Å². The Labute approximate surface area is 165 Å². The van der Waals surface area contributed by atoms with Gasteiger partial charge in [0.05, 0.1) is 31.1 Å². The number of amides is 1. The Morgan fingerprint density at radius 3 is 2.75 bits per heavy atom. The van der Waals surface area contributed by atoms with Crippen molar-refractivity contribution in [1.82, 2.24) is 15.2 Å². The van der Waals surface area contributed by atoms with E-state index in [4.69, 9.17) is 4.74 Å². The molecular weight excluding hydrogens is 380 g/mol. The van der Waals surface area contributed by atoms with E-state index in [1.165, 1.54) is 18.9 Å². The molecule has 0 bridgehead atoms. The molecule has 3 aromatic rings. The quantitative estimate of drug-likeness (QED) is 0.465. The van der Waals surface area contributed by atoms with Gasteiger partial charge in [-0.2, -0.15) is 0 Å². The minimum absolute atomic E-state index is 0.117. The largest absolute Gasteiger partial charge is 0.496 e. The van der Waals surface area contributed by atoms with Gasteiger partial charge >= 0.3 is 5.97 Å². The molecule has 8 nitrogen and oxygen atoms in total. The number of H-pyrrole nitrogens is 1. The molecule has 0 aliphatic carbocycles. The first-order chi connectivity index (χ1) is 13.6. The molecule has 3 rings (SSSR count). The van der Waals surface area contributed by atoms with Gasteiger partial charge in [0.2, 0.25) is 11.1 Å². The Hall–Kier alpha value is -3.33. The van der Waals surface area contributed by atoms with Crippen LogP contribution in [0.1, 0.15) is 10.4 Å². The molecule has 0 atom stereocenters. The van der Waals surface area contributed by atoms with Gasteiger partial charge in [-0.1, -0.05) is 30.0 Å². The summed E-state index contributed by atoms with van der Waals surface area (Å²) in [7, 11) is 2.89. The SMILES string of the molecule is COC(=O)c1cccc(NC(=O)CSc2n[nH]c(-c3ccccc3OC)n2)c1. The summed E-state index contributed by atoms with van der Waals surface area (Å²) in [6, 6.07) is 14.0. The summed E-state index contributed by atoms with van der Waals surface area (Å²) in [6.07, 6.45) is 0. The van der Waals surface area contributed by atoms with Crippen molar-refractivity contribution in [2.24, 2.45) is 0 Å². The summed E-state index contributed by atoms with van der Waals surface area (Å²) in [6.45, 7) is 0. The van der Waals surface area contributed by atoms with Gasteiger partial charge in [-0.05, 0) is 30.3 Å². The van der Waals surface area contributed by atoms with E-state index in [2.05, 4.69) is 25.2 Å². The Bertz CT molecular complexity index is 989. The van der Waals surface area contributed by atoms with Gasteiger partial charge < -0.3 is 14.8 Å². The highest BCUT2D eigenvalue weighted by Gasteiger charge is 2.13. The van der Waals surface area contributed by atoms with Crippen LogP contribution in [0, 0.1) is 0 Å². The van der Waals surface area contributed by atoms with Crippen molar-refractivity contribution >= 4 is 29.3 Å². The van der Waals surface area contributed by atoms with E-state index in [-0.39, 0.29) is 11.7 Å². The summed E-state index contributed by atoms with van der Waals surface area (Å²) in [5, 5.41) is 10.2. The van der Waals surface area contributed by atoms with Crippen molar-refractivity contribution < 1.29 is 19.1 Å². The first-order valence-electron chi connectivity index (χ1n) is 8.27. The molecule has 9 heteroatoms. The summed E-state index contributed by atoms with van der Waals surface area (Å²) < 4.78 is 9.99. The molecule has 28 heavy (non-hydrogen) atoms. The fourth-order valence-corrected chi connectivity index (χ4v) is 3.04. The van der Waals surface area contributed by atoms with Crippen LogP contribution in [0.25, 0.3) is 11.4 Å². The predicted octanol–water partition coefficient (Wildman–Crippen LogP) is 3.00. The third-order valence-electron chi connectivity index (χ3n) is 3.73. The Morgan fingerprint density at radius 1 is 1.14 bits per heavy atom. The molecule has 0 radical (unpaired) electrons. The number of carbonyl (C=O) groups is 2. The third kappa shape index (κ3) is 4.68. The van der Waals surface area contributed by atoms with E-state index in [1.54, 1.807) is 31.4 Å². The fraction of sp³-hybridized carbons (Fsp3) is 0.158. The Morgan fingerprint density at radius 2 is 1.96 bits per heavy atom. The number of hydrogen-bond acceptors (Lipinski definition) is 7. The molecule has 0 fully saturated rings. The van der Waals surface area contributed by atoms with E-state index in [1.807, 2.05) is 24.3 Å². The molecule has 2 N–H and O–H groups in total. The lowest BCUT2D eigenvalue weighted by atomic mass is 10.2. The van der Waals surface area contributed by atoms with E-state index in [0.29, 0.717) is 28.0 Å². The standard InChI is InChI=1S/C19H18N4O4S/c1-26-15-9-4-3-8-14(15)17-21-19(23-22-17)28-11-16(24)20-13-7-5-6-12(10-13)18(25)27-2/h3-10H,11H2,1-2H3,(H,20,24)(H,21,22,23). The van der Waals surface area contributed by atoms with Gasteiger partial charge in [-0.3, -0.25) is 9.89 Å². The molecular formula is C19H18N4O4S. The van der Waals surface area contributed by atoms with Gasteiger partial charge in [0.25, 0.3) is 0 Å². The van der Waals surface area contributed by atoms with Crippen LogP contribution in [0.3, 0.4) is 0 Å². The highest BCUT2D eigenvalue weighted by atomic mass is 32.2. The molecule has 1 aromatic heterocycles. The zero-order valence-corrected chi connectivity index (χ0v) is 16.1. The van der Waals surface area contributed by atoms with Crippen LogP contribution in [0.4, 0.5) is 5.69 Å². The normalized spacial score (nSPS) is 10.4. The Balaban J connectivity index is 1.60. The predicted molar refractivity (Wildman–Crippen MR) is 106 cm³/mol. The smallest absolute Gasteiger partial charge is 0.337 e. The maximum atomic E-state index is 12.2. The number of esters is 1. The summed E-state index contributed by atoms with van der Waals surface area (Å²) in [4.78, 5) is 28.1. The van der Waals surface area contributed by atoms with Gasteiger partial charge in [0.15, 0.2) is 5.82 Å². The second-order valence-corrected chi connectivity index (χ2v) is 6.52. The van der Waals surface area contributed by atoms with Crippen molar-refractivity contribution in [3.8, 4) is 17.1 Å². The van der Waals surface area contributed by atoms with Crippen LogP contribution in [0.5, 0.6) is 5.75 Å². The van der Waals surface area contributed by atoms with Crippen molar-refractivity contribution in [2.45, 2.75) is 5.16 Å². The number of carbonyl (C=O) groups excluding carboxylic acids is 2. The lowest BCUT2D eigenvalue weighted by Gasteiger charge is -2.06. The van der Waals surface area contributed by atoms with E-state index < -0.39 is 5.97 Å². The lowest BCUT2D eigenvalue weighted by Crippen LogP contribution is -2.14. The van der Waals surface area contributed by atoms with Crippen LogP contribution in [0.2, 0.25) is 0 Å². The number of hydrogen-bond donors (Lipinski definition) is 2. The van der Waals surface area contributed by atoms with Gasteiger partial charge in [-0.25, -0.2) is 9.78 Å². The number of para-hydroxylation sites is 1. The zero-order valence-electron chi connectivity index (χ0n) is 15.3. The lowest BCUT2D eigenvalue weighted by molar-refractivity contribution is -0.113. The number of rotatable bonds is 7. The molecule has 144 valence electrons. The number of nitrogens with one attached hydrogen (secondary N) is 2. The van der Waals surface area contributed by atoms with Crippen LogP contribution in [-0.4, -0.2) is 47.0 Å². The zero-order chi connectivity index (χ0) is 19.9. The molecule has 0 spiro atoms. The number of methoxy groups -OCH3 is 2. The maximum Gasteiger partial charge on any atom is 0.337 e. The topological polar surface area (TPSA) is 106 Å². The number of benzene rings is 2. The van der Waals surface area contributed by atoms with Gasteiger partial charge in [0.1, 0.15) is 5.75 Å². The third-order valence-corrected chi connectivity index (χ3v) is 4.57. The minimum Gasteiger partial charge on any atom is -0.496 e. The summed E-state index contributed by atoms with van der Waals surface area (Å²) in [5.74, 6) is 0.654. The number of aromatic amines is 1. The highest BCUT2D eigenvalue weighted by Crippen LogP contribution is 2.27. The second kappa shape index (κ2) is 9.05. The first-order valence-corrected chi connectivity index (χ1v) is 9.26. The maximum absolute atomic E-state index is 12.2. The monoisotopic (exact) mass is 398 g/mol. The number of ether oxygens (including phenoxy) is 2. The minimum atomic E-state index is -0.463. The van der Waals surface area contributed by atoms with Crippen molar-refractivity contribution in [2.75, 3.05) is 25.3 Å². The second-order valence-electron chi connectivity index (χ2n) is 5.58. The van der Waals surface area contributed by atoms with Crippen molar-refractivity contribution in [3.05, 3.63) is 54.1 Å². The molecule has 0 saturated heterocycles. The van der Waals surface area contributed by atoms with Crippen LogP contribution < -0.4 is 10.1 Å². The Kier molecular flexibility index (Phi) is 6.28. The first kappa shape index (κ1) is 19.4.